The molecule has 0 bridgehead atoms. The lowest BCUT2D eigenvalue weighted by Gasteiger charge is -2.13. The van der Waals surface area contributed by atoms with Crippen LogP contribution in [0.3, 0.4) is 0 Å². The molecule has 14 heavy (non-hydrogen) atoms. The van der Waals surface area contributed by atoms with Gasteiger partial charge in [-0.2, -0.15) is 0 Å². The highest BCUT2D eigenvalue weighted by Gasteiger charge is 2.09. The van der Waals surface area contributed by atoms with Crippen LogP contribution >= 0.6 is 0 Å². The van der Waals surface area contributed by atoms with Crippen molar-refractivity contribution < 1.29 is 14.6 Å². The van der Waals surface area contributed by atoms with Crippen LogP contribution in [0.4, 0.5) is 0 Å². The molecule has 0 aromatic heterocycles. The fourth-order valence-corrected chi connectivity index (χ4v) is 1.66. The first kappa shape index (κ1) is 11.5. The molecule has 82 valence electrons. The van der Waals surface area contributed by atoms with Crippen molar-refractivity contribution in [2.24, 2.45) is 0 Å². The van der Waals surface area contributed by atoms with E-state index in [0.717, 1.165) is 13.0 Å². The second-order valence-corrected chi connectivity index (χ2v) is 3.66. The summed E-state index contributed by atoms with van der Waals surface area (Å²) < 4.78 is 5.20. The van der Waals surface area contributed by atoms with Crippen molar-refractivity contribution in [2.45, 2.75) is 25.7 Å². The average molecular weight is 201 g/mol. The molecule has 4 nitrogen and oxygen atoms in total. The number of carboxylic acid groups (broad SMARTS) is 1. The minimum absolute atomic E-state index is 0.115. The van der Waals surface area contributed by atoms with Gasteiger partial charge in [-0.25, -0.2) is 0 Å². The zero-order chi connectivity index (χ0) is 10.2. The maximum Gasteiger partial charge on any atom is 0.305 e. The predicted molar refractivity (Wildman–Crippen MR) is 53.4 cm³/mol. The lowest BCUT2D eigenvalue weighted by molar-refractivity contribution is -0.138. The van der Waals surface area contributed by atoms with Crippen LogP contribution in [0.15, 0.2) is 0 Å². The van der Waals surface area contributed by atoms with Crippen molar-refractivity contribution in [3.8, 4) is 0 Å². The van der Waals surface area contributed by atoms with Crippen molar-refractivity contribution in [3.05, 3.63) is 0 Å². The maximum atomic E-state index is 10.2. The Bertz CT molecular complexity index is 167. The van der Waals surface area contributed by atoms with E-state index < -0.39 is 5.97 Å². The first-order chi connectivity index (χ1) is 6.79. The van der Waals surface area contributed by atoms with Crippen LogP contribution in [0.2, 0.25) is 0 Å². The predicted octanol–water partition coefficient (Wildman–Crippen LogP) is 0.964. The molecule has 0 atom stereocenters. The molecule has 1 N–H and O–H groups in total. The molecule has 0 aliphatic carbocycles. The van der Waals surface area contributed by atoms with Gasteiger partial charge in [0.15, 0.2) is 0 Å². The maximum absolute atomic E-state index is 10.2. The summed E-state index contributed by atoms with van der Waals surface area (Å²) in [5.74, 6) is -0.787. The van der Waals surface area contributed by atoms with Crippen LogP contribution in [0.1, 0.15) is 25.7 Å². The zero-order valence-electron chi connectivity index (χ0n) is 8.57. The van der Waals surface area contributed by atoms with Gasteiger partial charge in [-0.3, -0.25) is 4.79 Å². The number of nitrogens with zero attached hydrogens (tertiary/aromatic N) is 1. The lowest BCUT2D eigenvalue weighted by Crippen LogP contribution is -2.21. The number of carbonyl (C=O) groups is 1. The fraction of sp³-hybridized carbons (Fsp3) is 0.900. The summed E-state index contributed by atoms with van der Waals surface area (Å²) in [6.45, 7) is 4.55. The summed E-state index contributed by atoms with van der Waals surface area (Å²) in [6, 6.07) is 0. The number of ether oxygens (including phenoxy) is 1. The molecule has 0 unspecified atom stereocenters. The number of likely N-dealkylation sites (tertiary alicyclic amines) is 1. The Morgan fingerprint density at radius 3 is 2.64 bits per heavy atom. The summed E-state index contributed by atoms with van der Waals surface area (Å²) in [4.78, 5) is 12.6. The quantitative estimate of drug-likeness (QED) is 0.623. The first-order valence-electron chi connectivity index (χ1n) is 5.31. The molecule has 0 radical (unpaired) electrons. The minimum Gasteiger partial charge on any atom is -0.481 e. The van der Waals surface area contributed by atoms with Crippen molar-refractivity contribution in [1.29, 1.82) is 0 Å². The highest BCUT2D eigenvalue weighted by atomic mass is 16.5. The third kappa shape index (κ3) is 5.19. The van der Waals surface area contributed by atoms with Gasteiger partial charge in [-0.05, 0) is 32.4 Å². The van der Waals surface area contributed by atoms with Gasteiger partial charge in [-0.1, -0.05) is 0 Å². The van der Waals surface area contributed by atoms with E-state index in [9.17, 15) is 4.79 Å². The van der Waals surface area contributed by atoms with E-state index in [0.29, 0.717) is 13.2 Å². The van der Waals surface area contributed by atoms with Crippen LogP contribution in [0.25, 0.3) is 0 Å². The van der Waals surface area contributed by atoms with Crippen LogP contribution in [0, 0.1) is 0 Å². The van der Waals surface area contributed by atoms with Gasteiger partial charge in [0.25, 0.3) is 0 Å². The zero-order valence-corrected chi connectivity index (χ0v) is 8.57. The molecule has 1 aliphatic rings. The van der Waals surface area contributed by atoms with Gasteiger partial charge in [0.05, 0.1) is 13.0 Å². The Kier molecular flexibility index (Phi) is 5.56. The topological polar surface area (TPSA) is 49.8 Å². The molecular weight excluding hydrogens is 182 g/mol. The molecular formula is C10H19NO3. The molecule has 1 fully saturated rings. The summed E-state index contributed by atoms with van der Waals surface area (Å²) >= 11 is 0. The first-order valence-corrected chi connectivity index (χ1v) is 5.31. The second-order valence-electron chi connectivity index (χ2n) is 3.66. The fourth-order valence-electron chi connectivity index (χ4n) is 1.66. The third-order valence-electron chi connectivity index (χ3n) is 2.42. The van der Waals surface area contributed by atoms with Crippen molar-refractivity contribution >= 4 is 5.97 Å². The number of hydrogen-bond donors (Lipinski definition) is 1. The van der Waals surface area contributed by atoms with Crippen molar-refractivity contribution in [2.75, 3.05) is 32.8 Å². The smallest absolute Gasteiger partial charge is 0.305 e. The molecule has 0 amide bonds. The van der Waals surface area contributed by atoms with Gasteiger partial charge in [0.1, 0.15) is 0 Å². The highest BCUT2D eigenvalue weighted by Crippen LogP contribution is 2.07. The summed E-state index contributed by atoms with van der Waals surface area (Å²) in [6.07, 6.45) is 3.77. The van der Waals surface area contributed by atoms with Crippen LogP contribution in [0.5, 0.6) is 0 Å². The minimum atomic E-state index is -0.787. The van der Waals surface area contributed by atoms with E-state index in [2.05, 4.69) is 4.90 Å². The highest BCUT2D eigenvalue weighted by molar-refractivity contribution is 5.66. The molecule has 0 aromatic rings. The summed E-state index contributed by atoms with van der Waals surface area (Å²) in [5.41, 5.74) is 0. The van der Waals surface area contributed by atoms with Crippen LogP contribution in [-0.4, -0.2) is 48.8 Å². The van der Waals surface area contributed by atoms with E-state index in [-0.39, 0.29) is 6.42 Å². The van der Waals surface area contributed by atoms with Gasteiger partial charge in [-0.15, -0.1) is 0 Å². The Balaban J connectivity index is 1.82. The van der Waals surface area contributed by atoms with E-state index in [4.69, 9.17) is 9.84 Å². The molecule has 1 heterocycles. The SMILES string of the molecule is O=C(O)CCOCCCN1CCCC1. The second kappa shape index (κ2) is 6.79. The van der Waals surface area contributed by atoms with E-state index >= 15 is 0 Å². The Morgan fingerprint density at radius 2 is 2.00 bits per heavy atom. The largest absolute Gasteiger partial charge is 0.481 e. The number of rotatable bonds is 7. The summed E-state index contributed by atoms with van der Waals surface area (Å²) in [7, 11) is 0. The standard InChI is InChI=1S/C10H19NO3/c12-10(13)4-9-14-8-3-7-11-5-1-2-6-11/h1-9H2,(H,12,13). The van der Waals surface area contributed by atoms with E-state index in [1.54, 1.807) is 0 Å². The van der Waals surface area contributed by atoms with Crippen molar-refractivity contribution in [1.82, 2.24) is 4.90 Å². The van der Waals surface area contributed by atoms with Gasteiger partial charge in [0, 0.05) is 13.2 Å². The molecule has 1 saturated heterocycles. The van der Waals surface area contributed by atoms with E-state index in [1.165, 1.54) is 25.9 Å². The van der Waals surface area contributed by atoms with Gasteiger partial charge < -0.3 is 14.7 Å². The van der Waals surface area contributed by atoms with Crippen LogP contribution < -0.4 is 0 Å². The monoisotopic (exact) mass is 201 g/mol. The molecule has 0 saturated carbocycles. The number of carboxylic acids is 1. The Hall–Kier alpha value is -0.610. The Labute approximate surface area is 84.8 Å². The average Bonchev–Trinajstić information content (AvgIpc) is 2.63. The van der Waals surface area contributed by atoms with E-state index in [1.807, 2.05) is 0 Å². The molecule has 1 aliphatic heterocycles. The normalized spacial score (nSPS) is 17.4. The van der Waals surface area contributed by atoms with Crippen molar-refractivity contribution in [3.63, 3.8) is 0 Å². The number of aliphatic carboxylic acids is 1. The van der Waals surface area contributed by atoms with Gasteiger partial charge >= 0.3 is 5.97 Å². The third-order valence-corrected chi connectivity index (χ3v) is 2.42. The summed E-state index contributed by atoms with van der Waals surface area (Å²) in [5, 5.41) is 8.35. The van der Waals surface area contributed by atoms with Crippen LogP contribution in [-0.2, 0) is 9.53 Å². The molecule has 0 aromatic carbocycles. The molecule has 4 heteroatoms. The number of hydrogen-bond acceptors (Lipinski definition) is 3. The van der Waals surface area contributed by atoms with Gasteiger partial charge in [0.2, 0.25) is 0 Å². The lowest BCUT2D eigenvalue weighted by atomic mass is 10.4. The Morgan fingerprint density at radius 1 is 1.29 bits per heavy atom. The molecule has 0 spiro atoms. The molecule has 1 rings (SSSR count).